The normalized spacial score (nSPS) is 10.7. The lowest BCUT2D eigenvalue weighted by atomic mass is 10.1. The Morgan fingerprint density at radius 3 is 1.75 bits per heavy atom. The van der Waals surface area contributed by atoms with Crippen LogP contribution in [0.5, 0.6) is 0 Å². The standard InChI is InChI=1S/C14H10F5N/c15-9-10(16)12(18)14(13(19)11(9)17)20-7-6-8-4-2-1-3-5-8/h1-5,20H,6-7H2. The quantitative estimate of drug-likeness (QED) is 0.508. The van der Waals surface area contributed by atoms with Crippen LogP contribution in [-0.4, -0.2) is 6.54 Å². The van der Waals surface area contributed by atoms with Crippen molar-refractivity contribution in [3.63, 3.8) is 0 Å². The van der Waals surface area contributed by atoms with Crippen LogP contribution in [0.15, 0.2) is 30.3 Å². The van der Waals surface area contributed by atoms with Gasteiger partial charge in [-0.25, -0.2) is 22.0 Å². The number of halogens is 5. The summed E-state index contributed by atoms with van der Waals surface area (Å²) in [4.78, 5) is 0. The number of benzene rings is 2. The molecule has 0 aromatic heterocycles. The molecule has 0 unspecified atom stereocenters. The van der Waals surface area contributed by atoms with Crippen molar-refractivity contribution >= 4 is 5.69 Å². The molecule has 0 aliphatic carbocycles. The Kier molecular flexibility index (Phi) is 4.22. The molecule has 0 radical (unpaired) electrons. The van der Waals surface area contributed by atoms with Gasteiger partial charge in [0.15, 0.2) is 23.3 Å². The Morgan fingerprint density at radius 2 is 1.20 bits per heavy atom. The number of anilines is 1. The molecule has 0 amide bonds. The van der Waals surface area contributed by atoms with Gasteiger partial charge in [0.2, 0.25) is 5.82 Å². The summed E-state index contributed by atoms with van der Waals surface area (Å²) in [5, 5.41) is 2.24. The van der Waals surface area contributed by atoms with Crippen LogP contribution in [0.4, 0.5) is 27.6 Å². The molecule has 2 aromatic carbocycles. The molecule has 0 aliphatic heterocycles. The fourth-order valence-electron chi connectivity index (χ4n) is 1.74. The van der Waals surface area contributed by atoms with E-state index in [-0.39, 0.29) is 6.54 Å². The van der Waals surface area contributed by atoms with E-state index in [1.54, 1.807) is 30.3 Å². The topological polar surface area (TPSA) is 12.0 Å². The van der Waals surface area contributed by atoms with Crippen LogP contribution in [0.2, 0.25) is 0 Å². The molecule has 106 valence electrons. The highest BCUT2D eigenvalue weighted by Crippen LogP contribution is 2.26. The molecule has 0 aliphatic rings. The van der Waals surface area contributed by atoms with Gasteiger partial charge in [-0.3, -0.25) is 0 Å². The fourth-order valence-corrected chi connectivity index (χ4v) is 1.74. The molecular formula is C14H10F5N. The summed E-state index contributed by atoms with van der Waals surface area (Å²) in [5.41, 5.74) is -0.124. The lowest BCUT2D eigenvalue weighted by Gasteiger charge is -2.10. The van der Waals surface area contributed by atoms with Gasteiger partial charge in [-0.15, -0.1) is 0 Å². The predicted octanol–water partition coefficient (Wildman–Crippen LogP) is 4.04. The minimum Gasteiger partial charge on any atom is -0.380 e. The van der Waals surface area contributed by atoms with Crippen molar-refractivity contribution in [2.24, 2.45) is 0 Å². The summed E-state index contributed by atoms with van der Waals surface area (Å²) in [7, 11) is 0. The zero-order chi connectivity index (χ0) is 14.7. The SMILES string of the molecule is Fc1c(F)c(F)c(NCCc2ccccc2)c(F)c1F. The molecular weight excluding hydrogens is 277 g/mol. The van der Waals surface area contributed by atoms with Gasteiger partial charge >= 0.3 is 0 Å². The number of hydrogen-bond donors (Lipinski definition) is 1. The summed E-state index contributed by atoms with van der Waals surface area (Å²) >= 11 is 0. The summed E-state index contributed by atoms with van der Waals surface area (Å²) in [6.45, 7) is 0.0440. The van der Waals surface area contributed by atoms with Crippen molar-refractivity contribution in [3.8, 4) is 0 Å². The van der Waals surface area contributed by atoms with Crippen LogP contribution in [0.1, 0.15) is 5.56 Å². The van der Waals surface area contributed by atoms with Crippen molar-refractivity contribution in [1.82, 2.24) is 0 Å². The molecule has 0 spiro atoms. The van der Waals surface area contributed by atoms with Gasteiger partial charge < -0.3 is 5.32 Å². The van der Waals surface area contributed by atoms with E-state index in [1.165, 1.54) is 0 Å². The van der Waals surface area contributed by atoms with E-state index in [1.807, 2.05) is 0 Å². The Hall–Kier alpha value is -2.11. The first kappa shape index (κ1) is 14.3. The van der Waals surface area contributed by atoms with Gasteiger partial charge in [-0.1, -0.05) is 30.3 Å². The van der Waals surface area contributed by atoms with Crippen LogP contribution in [-0.2, 0) is 6.42 Å². The molecule has 6 heteroatoms. The first-order chi connectivity index (χ1) is 9.52. The maximum absolute atomic E-state index is 13.3. The Bertz CT molecular complexity index is 584. The van der Waals surface area contributed by atoms with Crippen molar-refractivity contribution in [1.29, 1.82) is 0 Å². The average molecular weight is 287 g/mol. The maximum atomic E-state index is 13.3. The molecule has 1 N–H and O–H groups in total. The van der Waals surface area contributed by atoms with Crippen LogP contribution < -0.4 is 5.32 Å². The highest BCUT2D eigenvalue weighted by molar-refractivity contribution is 5.47. The van der Waals surface area contributed by atoms with Crippen molar-refractivity contribution in [2.75, 3.05) is 11.9 Å². The highest BCUT2D eigenvalue weighted by Gasteiger charge is 2.25. The maximum Gasteiger partial charge on any atom is 0.200 e. The lowest BCUT2D eigenvalue weighted by molar-refractivity contribution is 0.381. The second kappa shape index (κ2) is 5.90. The number of hydrogen-bond acceptors (Lipinski definition) is 1. The molecule has 1 nitrogen and oxygen atoms in total. The van der Waals surface area contributed by atoms with Gasteiger partial charge in [0, 0.05) is 6.54 Å². The number of nitrogens with one attached hydrogen (secondary N) is 1. The van der Waals surface area contributed by atoms with Gasteiger partial charge in [-0.05, 0) is 12.0 Å². The molecule has 20 heavy (non-hydrogen) atoms. The Morgan fingerprint density at radius 1 is 0.700 bits per heavy atom. The number of rotatable bonds is 4. The van der Waals surface area contributed by atoms with E-state index < -0.39 is 34.8 Å². The smallest absolute Gasteiger partial charge is 0.200 e. The monoisotopic (exact) mass is 287 g/mol. The third-order valence-electron chi connectivity index (χ3n) is 2.77. The molecule has 0 saturated heterocycles. The summed E-state index contributed by atoms with van der Waals surface area (Å²) in [6.07, 6.45) is 0.389. The molecule has 0 heterocycles. The first-order valence-electron chi connectivity index (χ1n) is 5.81. The third kappa shape index (κ3) is 2.74. The molecule has 2 rings (SSSR count). The second-order valence-corrected chi connectivity index (χ2v) is 4.11. The van der Waals surface area contributed by atoms with Crippen molar-refractivity contribution in [3.05, 3.63) is 65.0 Å². The average Bonchev–Trinajstić information content (AvgIpc) is 2.48. The largest absolute Gasteiger partial charge is 0.380 e. The van der Waals surface area contributed by atoms with E-state index in [9.17, 15) is 22.0 Å². The van der Waals surface area contributed by atoms with Crippen molar-refractivity contribution < 1.29 is 22.0 Å². The lowest BCUT2D eigenvalue weighted by Crippen LogP contribution is -2.12. The van der Waals surface area contributed by atoms with Crippen LogP contribution in [0, 0.1) is 29.1 Å². The van der Waals surface area contributed by atoms with Gasteiger partial charge in [-0.2, -0.15) is 0 Å². The Labute approximate surface area is 112 Å². The molecule has 0 atom stereocenters. The summed E-state index contributed by atoms with van der Waals surface area (Å²) < 4.78 is 65.4. The van der Waals surface area contributed by atoms with E-state index in [0.29, 0.717) is 6.42 Å². The fraction of sp³-hybridized carbons (Fsp3) is 0.143. The Balaban J connectivity index is 2.14. The molecule has 0 bridgehead atoms. The third-order valence-corrected chi connectivity index (χ3v) is 2.77. The second-order valence-electron chi connectivity index (χ2n) is 4.11. The first-order valence-corrected chi connectivity index (χ1v) is 5.81. The van der Waals surface area contributed by atoms with E-state index >= 15 is 0 Å². The van der Waals surface area contributed by atoms with E-state index in [2.05, 4.69) is 5.32 Å². The molecule has 2 aromatic rings. The predicted molar refractivity (Wildman–Crippen MR) is 64.9 cm³/mol. The zero-order valence-corrected chi connectivity index (χ0v) is 10.2. The zero-order valence-electron chi connectivity index (χ0n) is 10.2. The van der Waals surface area contributed by atoms with Crippen molar-refractivity contribution in [2.45, 2.75) is 6.42 Å². The van der Waals surface area contributed by atoms with Crippen LogP contribution >= 0.6 is 0 Å². The van der Waals surface area contributed by atoms with E-state index in [0.717, 1.165) is 5.56 Å². The van der Waals surface area contributed by atoms with E-state index in [4.69, 9.17) is 0 Å². The minimum atomic E-state index is -2.16. The van der Waals surface area contributed by atoms with Gasteiger partial charge in [0.1, 0.15) is 5.69 Å². The van der Waals surface area contributed by atoms with Crippen LogP contribution in [0.25, 0.3) is 0 Å². The minimum absolute atomic E-state index is 0.0440. The van der Waals surface area contributed by atoms with Crippen LogP contribution in [0.3, 0.4) is 0 Å². The molecule has 0 fully saturated rings. The van der Waals surface area contributed by atoms with Gasteiger partial charge in [0.05, 0.1) is 0 Å². The summed E-state index contributed by atoms with van der Waals surface area (Å²) in [5.74, 6) is -9.77. The summed E-state index contributed by atoms with van der Waals surface area (Å²) in [6, 6.07) is 8.96. The highest BCUT2D eigenvalue weighted by atomic mass is 19.2. The van der Waals surface area contributed by atoms with Gasteiger partial charge in [0.25, 0.3) is 0 Å². The molecule has 0 saturated carbocycles.